The molecule has 2 rings (SSSR count). The van der Waals surface area contributed by atoms with E-state index in [0.29, 0.717) is 5.56 Å². The number of anilines is 1. The third-order valence-corrected chi connectivity index (χ3v) is 3.01. The molecule has 0 spiro atoms. The predicted octanol–water partition coefficient (Wildman–Crippen LogP) is 4.02. The van der Waals surface area contributed by atoms with Crippen molar-refractivity contribution in [3.05, 3.63) is 64.2 Å². The Balaban J connectivity index is 2.17. The molecule has 3 nitrogen and oxygen atoms in total. The van der Waals surface area contributed by atoms with Crippen LogP contribution in [0, 0.1) is 11.6 Å². The van der Waals surface area contributed by atoms with E-state index in [1.807, 2.05) is 0 Å². The molecule has 0 atom stereocenters. The summed E-state index contributed by atoms with van der Waals surface area (Å²) in [4.78, 5) is 11.4. The first-order valence-corrected chi connectivity index (χ1v) is 6.44. The number of methoxy groups -OCH3 is 1. The van der Waals surface area contributed by atoms with E-state index in [0.717, 1.165) is 6.07 Å². The van der Waals surface area contributed by atoms with Crippen molar-refractivity contribution in [3.63, 3.8) is 0 Å². The second-order valence-electron chi connectivity index (χ2n) is 4.32. The van der Waals surface area contributed by atoms with Gasteiger partial charge in [-0.25, -0.2) is 13.6 Å². The van der Waals surface area contributed by atoms with E-state index in [9.17, 15) is 13.6 Å². The first-order chi connectivity index (χ1) is 9.99. The van der Waals surface area contributed by atoms with Gasteiger partial charge in [-0.2, -0.15) is 0 Å². The van der Waals surface area contributed by atoms with Gasteiger partial charge in [-0.15, -0.1) is 0 Å². The number of hydrogen-bond donors (Lipinski definition) is 1. The van der Waals surface area contributed by atoms with Gasteiger partial charge < -0.3 is 10.1 Å². The second kappa shape index (κ2) is 6.54. The summed E-state index contributed by atoms with van der Waals surface area (Å²) < 4.78 is 31.5. The van der Waals surface area contributed by atoms with Gasteiger partial charge in [-0.05, 0) is 42.0 Å². The molecule has 0 radical (unpaired) electrons. The van der Waals surface area contributed by atoms with E-state index >= 15 is 0 Å². The Morgan fingerprint density at radius 3 is 2.67 bits per heavy atom. The molecule has 0 bridgehead atoms. The number of ether oxygens (including phenoxy) is 1. The zero-order valence-electron chi connectivity index (χ0n) is 11.1. The van der Waals surface area contributed by atoms with Crippen LogP contribution in [0.25, 0.3) is 0 Å². The molecular weight excluding hydrogens is 300 g/mol. The van der Waals surface area contributed by atoms with Crippen molar-refractivity contribution in [2.24, 2.45) is 0 Å². The van der Waals surface area contributed by atoms with Crippen molar-refractivity contribution in [3.8, 4) is 0 Å². The summed E-state index contributed by atoms with van der Waals surface area (Å²) in [6, 6.07) is 7.87. The van der Waals surface area contributed by atoms with Gasteiger partial charge in [0.2, 0.25) is 0 Å². The van der Waals surface area contributed by atoms with E-state index in [1.54, 1.807) is 6.07 Å². The lowest BCUT2D eigenvalue weighted by Crippen LogP contribution is -2.06. The molecule has 0 aliphatic rings. The van der Waals surface area contributed by atoms with Crippen LogP contribution in [-0.2, 0) is 11.3 Å². The fourth-order valence-electron chi connectivity index (χ4n) is 1.82. The fraction of sp³-hybridized carbons (Fsp3) is 0.133. The molecule has 0 heterocycles. The topological polar surface area (TPSA) is 38.3 Å². The normalized spacial score (nSPS) is 10.3. The summed E-state index contributed by atoms with van der Waals surface area (Å²) in [5, 5.41) is 3.05. The van der Waals surface area contributed by atoms with E-state index in [-0.39, 0.29) is 22.8 Å². The number of nitrogens with one attached hydrogen (secondary N) is 1. The van der Waals surface area contributed by atoms with Crippen molar-refractivity contribution < 1.29 is 18.3 Å². The first-order valence-electron chi connectivity index (χ1n) is 6.06. The lowest BCUT2D eigenvalue weighted by Gasteiger charge is -2.09. The Labute approximate surface area is 125 Å². The standard InChI is InChI=1S/C15H12ClF2NO2/c1-21-15(20)10-2-3-13(18)14(6-10)19-8-9-4-11(16)7-12(17)5-9/h2-7,19H,8H2,1H3. The van der Waals surface area contributed by atoms with Gasteiger partial charge in [-0.1, -0.05) is 11.6 Å². The number of esters is 1. The highest BCUT2D eigenvalue weighted by Gasteiger charge is 2.10. The fourth-order valence-corrected chi connectivity index (χ4v) is 2.06. The maximum atomic E-state index is 13.7. The van der Waals surface area contributed by atoms with Crippen molar-refractivity contribution in [1.29, 1.82) is 0 Å². The Morgan fingerprint density at radius 2 is 2.00 bits per heavy atom. The minimum absolute atomic E-state index is 0.123. The van der Waals surface area contributed by atoms with Crippen LogP contribution in [0.2, 0.25) is 5.02 Å². The third-order valence-electron chi connectivity index (χ3n) is 2.79. The SMILES string of the molecule is COC(=O)c1ccc(F)c(NCc2cc(F)cc(Cl)c2)c1. The lowest BCUT2D eigenvalue weighted by atomic mass is 10.1. The molecule has 0 aliphatic heterocycles. The van der Waals surface area contributed by atoms with Gasteiger partial charge in [0.25, 0.3) is 0 Å². The Kier molecular flexibility index (Phi) is 4.75. The number of hydrogen-bond acceptors (Lipinski definition) is 3. The minimum Gasteiger partial charge on any atom is -0.465 e. The molecule has 0 saturated heterocycles. The van der Waals surface area contributed by atoms with Gasteiger partial charge in [0, 0.05) is 11.6 Å². The molecule has 0 amide bonds. The highest BCUT2D eigenvalue weighted by molar-refractivity contribution is 6.30. The molecule has 0 unspecified atom stereocenters. The molecule has 1 N–H and O–H groups in total. The molecular formula is C15H12ClF2NO2. The minimum atomic E-state index is -0.563. The summed E-state index contributed by atoms with van der Waals surface area (Å²) in [5.41, 5.74) is 0.903. The van der Waals surface area contributed by atoms with Crippen molar-refractivity contribution in [2.75, 3.05) is 12.4 Å². The van der Waals surface area contributed by atoms with Gasteiger partial charge in [0.05, 0.1) is 18.4 Å². The molecule has 6 heteroatoms. The van der Waals surface area contributed by atoms with Crippen molar-refractivity contribution >= 4 is 23.3 Å². The number of carbonyl (C=O) groups is 1. The van der Waals surface area contributed by atoms with Crippen molar-refractivity contribution in [1.82, 2.24) is 0 Å². The highest BCUT2D eigenvalue weighted by Crippen LogP contribution is 2.19. The van der Waals surface area contributed by atoms with E-state index < -0.39 is 17.6 Å². The van der Waals surface area contributed by atoms with Crippen LogP contribution >= 0.6 is 11.6 Å². The monoisotopic (exact) mass is 311 g/mol. The Bertz CT molecular complexity index is 656. The van der Waals surface area contributed by atoms with Crippen LogP contribution < -0.4 is 5.32 Å². The smallest absolute Gasteiger partial charge is 0.337 e. The molecule has 110 valence electrons. The van der Waals surface area contributed by atoms with E-state index in [2.05, 4.69) is 10.1 Å². The van der Waals surface area contributed by atoms with Crippen LogP contribution in [-0.4, -0.2) is 13.1 Å². The molecule has 0 aliphatic carbocycles. The molecule has 0 fully saturated rings. The number of benzene rings is 2. The predicted molar refractivity (Wildman–Crippen MR) is 76.5 cm³/mol. The van der Waals surface area contributed by atoms with Crippen molar-refractivity contribution in [2.45, 2.75) is 6.54 Å². The lowest BCUT2D eigenvalue weighted by molar-refractivity contribution is 0.0600. The summed E-state index contributed by atoms with van der Waals surface area (Å²) in [6.07, 6.45) is 0. The van der Waals surface area contributed by atoms with Crippen LogP contribution in [0.5, 0.6) is 0 Å². The zero-order valence-corrected chi connectivity index (χ0v) is 11.9. The molecule has 2 aromatic rings. The van der Waals surface area contributed by atoms with Crippen LogP contribution in [0.4, 0.5) is 14.5 Å². The number of rotatable bonds is 4. The number of carbonyl (C=O) groups excluding carboxylic acids is 1. The third kappa shape index (κ3) is 3.92. The maximum absolute atomic E-state index is 13.7. The highest BCUT2D eigenvalue weighted by atomic mass is 35.5. The summed E-state index contributed by atoms with van der Waals surface area (Å²) in [5.74, 6) is -1.56. The average molecular weight is 312 g/mol. The van der Waals surface area contributed by atoms with Gasteiger partial charge >= 0.3 is 5.97 Å². The molecule has 2 aromatic carbocycles. The van der Waals surface area contributed by atoms with Gasteiger partial charge in [-0.3, -0.25) is 0 Å². The van der Waals surface area contributed by atoms with E-state index in [4.69, 9.17) is 11.6 Å². The maximum Gasteiger partial charge on any atom is 0.337 e. The van der Waals surface area contributed by atoms with E-state index in [1.165, 1.54) is 31.4 Å². The van der Waals surface area contributed by atoms with Crippen LogP contribution in [0.1, 0.15) is 15.9 Å². The van der Waals surface area contributed by atoms with Gasteiger partial charge in [0.15, 0.2) is 0 Å². The molecule has 0 saturated carbocycles. The Hall–Kier alpha value is -2.14. The average Bonchev–Trinajstić information content (AvgIpc) is 2.44. The Morgan fingerprint density at radius 1 is 1.24 bits per heavy atom. The van der Waals surface area contributed by atoms with Crippen LogP contribution in [0.15, 0.2) is 36.4 Å². The largest absolute Gasteiger partial charge is 0.465 e. The second-order valence-corrected chi connectivity index (χ2v) is 4.75. The summed E-state index contributed by atoms with van der Waals surface area (Å²) >= 11 is 5.75. The molecule has 21 heavy (non-hydrogen) atoms. The zero-order chi connectivity index (χ0) is 15.4. The summed E-state index contributed by atoms with van der Waals surface area (Å²) in [7, 11) is 1.24. The quantitative estimate of drug-likeness (QED) is 0.867. The summed E-state index contributed by atoms with van der Waals surface area (Å²) in [6.45, 7) is 0.166. The molecule has 0 aromatic heterocycles. The van der Waals surface area contributed by atoms with Crippen LogP contribution in [0.3, 0.4) is 0 Å². The number of halogens is 3. The van der Waals surface area contributed by atoms with Gasteiger partial charge in [0.1, 0.15) is 11.6 Å². The first kappa shape index (κ1) is 15.3.